The minimum atomic E-state index is -0.146. The first-order valence-corrected chi connectivity index (χ1v) is 6.16. The molecule has 2 rings (SSSR count). The Morgan fingerprint density at radius 2 is 2.11 bits per heavy atom. The minimum absolute atomic E-state index is 0.0724. The number of esters is 1. The lowest BCUT2D eigenvalue weighted by molar-refractivity contribution is -0.149. The Bertz CT molecular complexity index is 408. The van der Waals surface area contributed by atoms with E-state index in [0.29, 0.717) is 32.5 Å². The van der Waals surface area contributed by atoms with Gasteiger partial charge in [-0.3, -0.25) is 9.36 Å². The maximum Gasteiger partial charge on any atom is 0.329 e. The van der Waals surface area contributed by atoms with Gasteiger partial charge in [0, 0.05) is 25.5 Å². The largest absolute Gasteiger partial charge is 0.466 e. The Balaban J connectivity index is 1.87. The molecule has 0 unspecified atom stereocenters. The highest BCUT2D eigenvalue weighted by Crippen LogP contribution is 2.19. The summed E-state index contributed by atoms with van der Waals surface area (Å²) < 4.78 is 6.44. The zero-order valence-corrected chi connectivity index (χ0v) is 10.4. The molecule has 0 atom stereocenters. The van der Waals surface area contributed by atoms with E-state index >= 15 is 0 Å². The van der Waals surface area contributed by atoms with E-state index in [1.54, 1.807) is 24.2 Å². The van der Waals surface area contributed by atoms with E-state index < -0.39 is 0 Å². The molecule has 1 aromatic rings. The molecule has 98 valence electrons. The molecule has 2 heterocycles. The number of amides is 1. The average molecular weight is 251 g/mol. The van der Waals surface area contributed by atoms with Crippen molar-refractivity contribution >= 4 is 12.0 Å². The van der Waals surface area contributed by atoms with Crippen molar-refractivity contribution in [3.8, 4) is 0 Å². The second-order valence-corrected chi connectivity index (χ2v) is 4.27. The highest BCUT2D eigenvalue weighted by Gasteiger charge is 2.28. The highest BCUT2D eigenvalue weighted by molar-refractivity contribution is 5.77. The molecule has 0 aliphatic carbocycles. The normalized spacial score (nSPS) is 16.6. The van der Waals surface area contributed by atoms with Gasteiger partial charge in [0.05, 0.1) is 12.5 Å². The van der Waals surface area contributed by atoms with Gasteiger partial charge in [0.1, 0.15) is 6.33 Å². The van der Waals surface area contributed by atoms with E-state index in [4.69, 9.17) is 4.74 Å². The molecular formula is C12H17N3O3. The lowest BCUT2D eigenvalue weighted by Crippen LogP contribution is -2.42. The number of hydrogen-bond acceptors (Lipinski definition) is 4. The third kappa shape index (κ3) is 2.69. The molecule has 6 heteroatoms. The molecule has 18 heavy (non-hydrogen) atoms. The van der Waals surface area contributed by atoms with E-state index in [1.807, 2.05) is 0 Å². The van der Waals surface area contributed by atoms with Crippen LogP contribution in [-0.4, -0.2) is 46.1 Å². The summed E-state index contributed by atoms with van der Waals surface area (Å²) in [5.74, 6) is -0.219. The fraction of sp³-hybridized carbons (Fsp3) is 0.583. The van der Waals surface area contributed by atoms with Crippen LogP contribution in [0.15, 0.2) is 18.7 Å². The summed E-state index contributed by atoms with van der Waals surface area (Å²) in [4.78, 5) is 29.1. The van der Waals surface area contributed by atoms with E-state index in [2.05, 4.69) is 4.98 Å². The van der Waals surface area contributed by atoms with Gasteiger partial charge >= 0.3 is 12.0 Å². The molecule has 1 amide bonds. The maximum atomic E-state index is 12.0. The maximum absolute atomic E-state index is 12.0. The summed E-state index contributed by atoms with van der Waals surface area (Å²) in [6, 6.07) is -0.0881. The van der Waals surface area contributed by atoms with Crippen LogP contribution in [-0.2, 0) is 9.53 Å². The van der Waals surface area contributed by atoms with E-state index in [0.717, 1.165) is 0 Å². The van der Waals surface area contributed by atoms with Crippen LogP contribution in [0.5, 0.6) is 0 Å². The van der Waals surface area contributed by atoms with Gasteiger partial charge in [0.15, 0.2) is 0 Å². The minimum Gasteiger partial charge on any atom is -0.466 e. The van der Waals surface area contributed by atoms with Crippen molar-refractivity contribution in [2.24, 2.45) is 5.92 Å². The van der Waals surface area contributed by atoms with Gasteiger partial charge in [-0.15, -0.1) is 0 Å². The SMILES string of the molecule is CCOC(=O)C1CCN(C(=O)n2ccnc2)CC1. The average Bonchev–Trinajstić information content (AvgIpc) is 2.92. The molecule has 1 aromatic heterocycles. The summed E-state index contributed by atoms with van der Waals surface area (Å²) in [5, 5.41) is 0. The van der Waals surface area contributed by atoms with Crippen molar-refractivity contribution in [2.75, 3.05) is 19.7 Å². The van der Waals surface area contributed by atoms with Crippen LogP contribution < -0.4 is 0 Å². The zero-order valence-electron chi connectivity index (χ0n) is 10.4. The predicted octanol–water partition coefficient (Wildman–Crippen LogP) is 1.13. The van der Waals surface area contributed by atoms with Crippen molar-refractivity contribution in [2.45, 2.75) is 19.8 Å². The van der Waals surface area contributed by atoms with Crippen molar-refractivity contribution < 1.29 is 14.3 Å². The van der Waals surface area contributed by atoms with Gasteiger partial charge in [0.2, 0.25) is 0 Å². The summed E-state index contributed by atoms with van der Waals surface area (Å²) in [6.07, 6.45) is 6.02. The number of imidazole rings is 1. The number of rotatable bonds is 2. The molecule has 0 spiro atoms. The number of ether oxygens (including phenoxy) is 1. The number of aromatic nitrogens is 2. The number of carbonyl (C=O) groups excluding carboxylic acids is 2. The van der Waals surface area contributed by atoms with Crippen molar-refractivity contribution in [3.63, 3.8) is 0 Å². The molecule has 1 aliphatic heterocycles. The summed E-state index contributed by atoms with van der Waals surface area (Å²) in [5.41, 5.74) is 0. The van der Waals surface area contributed by atoms with E-state index in [-0.39, 0.29) is 17.9 Å². The molecule has 1 fully saturated rings. The number of likely N-dealkylation sites (tertiary alicyclic amines) is 1. The molecule has 0 bridgehead atoms. The van der Waals surface area contributed by atoms with Crippen LogP contribution in [0.4, 0.5) is 4.79 Å². The number of nitrogens with zero attached hydrogens (tertiary/aromatic N) is 3. The Kier molecular flexibility index (Phi) is 3.96. The number of hydrogen-bond donors (Lipinski definition) is 0. The van der Waals surface area contributed by atoms with Gasteiger partial charge in [0.25, 0.3) is 0 Å². The van der Waals surface area contributed by atoms with E-state index in [1.165, 1.54) is 10.9 Å². The number of piperidine rings is 1. The Morgan fingerprint density at radius 1 is 1.39 bits per heavy atom. The Hall–Kier alpha value is -1.85. The van der Waals surface area contributed by atoms with Crippen molar-refractivity contribution in [1.29, 1.82) is 0 Å². The van der Waals surface area contributed by atoms with Gasteiger partial charge < -0.3 is 9.64 Å². The standard InChI is InChI=1S/C12H17N3O3/c1-2-18-11(16)10-3-6-14(7-4-10)12(17)15-8-5-13-9-15/h5,8-10H,2-4,6-7H2,1H3. The Labute approximate surface area is 106 Å². The van der Waals surface area contributed by atoms with Gasteiger partial charge in [-0.25, -0.2) is 9.78 Å². The van der Waals surface area contributed by atoms with Gasteiger partial charge in [-0.1, -0.05) is 0 Å². The van der Waals surface area contributed by atoms with Crippen LogP contribution in [0.25, 0.3) is 0 Å². The monoisotopic (exact) mass is 251 g/mol. The lowest BCUT2D eigenvalue weighted by atomic mass is 9.97. The van der Waals surface area contributed by atoms with Crippen LogP contribution in [0.1, 0.15) is 19.8 Å². The fourth-order valence-electron chi connectivity index (χ4n) is 2.10. The molecule has 1 aliphatic rings. The molecule has 0 aromatic carbocycles. The molecule has 0 radical (unpaired) electrons. The topological polar surface area (TPSA) is 64.4 Å². The quantitative estimate of drug-likeness (QED) is 0.739. The van der Waals surface area contributed by atoms with Crippen molar-refractivity contribution in [3.05, 3.63) is 18.7 Å². The number of carbonyl (C=O) groups is 2. The first-order valence-electron chi connectivity index (χ1n) is 6.16. The predicted molar refractivity (Wildman–Crippen MR) is 64.0 cm³/mol. The molecule has 0 saturated carbocycles. The van der Waals surface area contributed by atoms with Crippen LogP contribution in [0, 0.1) is 5.92 Å². The first-order chi connectivity index (χ1) is 8.72. The van der Waals surface area contributed by atoms with Gasteiger partial charge in [-0.2, -0.15) is 0 Å². The summed E-state index contributed by atoms with van der Waals surface area (Å²) >= 11 is 0. The molecule has 0 N–H and O–H groups in total. The molecule has 1 saturated heterocycles. The van der Waals surface area contributed by atoms with Crippen molar-refractivity contribution in [1.82, 2.24) is 14.5 Å². The van der Waals surface area contributed by atoms with Crippen LogP contribution >= 0.6 is 0 Å². The summed E-state index contributed by atoms with van der Waals surface area (Å²) in [6.45, 7) is 3.38. The second-order valence-electron chi connectivity index (χ2n) is 4.27. The van der Waals surface area contributed by atoms with Crippen LogP contribution in [0.2, 0.25) is 0 Å². The fourth-order valence-corrected chi connectivity index (χ4v) is 2.10. The first kappa shape index (κ1) is 12.6. The smallest absolute Gasteiger partial charge is 0.329 e. The van der Waals surface area contributed by atoms with Gasteiger partial charge in [-0.05, 0) is 19.8 Å². The van der Waals surface area contributed by atoms with Crippen LogP contribution in [0.3, 0.4) is 0 Å². The Morgan fingerprint density at radius 3 is 2.67 bits per heavy atom. The third-order valence-electron chi connectivity index (χ3n) is 3.11. The molecule has 6 nitrogen and oxygen atoms in total. The zero-order chi connectivity index (χ0) is 13.0. The summed E-state index contributed by atoms with van der Waals surface area (Å²) in [7, 11) is 0. The third-order valence-corrected chi connectivity index (χ3v) is 3.11. The lowest BCUT2D eigenvalue weighted by Gasteiger charge is -2.30. The highest BCUT2D eigenvalue weighted by atomic mass is 16.5. The molecular weight excluding hydrogens is 234 g/mol. The second kappa shape index (κ2) is 5.66. The van der Waals surface area contributed by atoms with E-state index in [9.17, 15) is 9.59 Å².